The second kappa shape index (κ2) is 4.87. The first-order chi connectivity index (χ1) is 8.34. The molecule has 0 amide bonds. The Morgan fingerprint density at radius 1 is 1.18 bits per heavy atom. The lowest BCUT2D eigenvalue weighted by molar-refractivity contribution is -0.147. The van der Waals surface area contributed by atoms with Crippen molar-refractivity contribution in [2.24, 2.45) is 0 Å². The van der Waals surface area contributed by atoms with Gasteiger partial charge in [-0.25, -0.2) is 0 Å². The van der Waals surface area contributed by atoms with Gasteiger partial charge in [0.2, 0.25) is 0 Å². The molecule has 0 N–H and O–H groups in total. The summed E-state index contributed by atoms with van der Waals surface area (Å²) in [6, 6.07) is 0.825. The number of hydrogen-bond donors (Lipinski definition) is 0. The van der Waals surface area contributed by atoms with Gasteiger partial charge in [0.15, 0.2) is 0 Å². The van der Waals surface area contributed by atoms with Crippen LogP contribution in [-0.2, 0) is 9.47 Å². The highest BCUT2D eigenvalue weighted by molar-refractivity contribution is 4.99. The first kappa shape index (κ1) is 11.9. The maximum Gasteiger partial charge on any atom is 0.0987 e. The molecule has 3 fully saturated rings. The molecule has 2 atom stereocenters. The third-order valence-corrected chi connectivity index (χ3v) is 5.07. The van der Waals surface area contributed by atoms with Crippen LogP contribution in [0.2, 0.25) is 0 Å². The molecule has 98 valence electrons. The second-order valence-electron chi connectivity index (χ2n) is 5.92. The molecule has 2 heterocycles. The molecular weight excluding hydrogens is 214 g/mol. The van der Waals surface area contributed by atoms with E-state index in [1.165, 1.54) is 51.5 Å². The quantitative estimate of drug-likeness (QED) is 0.737. The minimum atomic E-state index is 0.0594. The maximum absolute atomic E-state index is 6.04. The van der Waals surface area contributed by atoms with Crippen molar-refractivity contribution in [1.29, 1.82) is 0 Å². The lowest BCUT2D eigenvalue weighted by Gasteiger charge is -2.46. The van der Waals surface area contributed by atoms with E-state index in [1.54, 1.807) is 0 Å². The van der Waals surface area contributed by atoms with Crippen LogP contribution in [0.4, 0.5) is 0 Å². The molecule has 2 aliphatic heterocycles. The number of rotatable bonds is 2. The van der Waals surface area contributed by atoms with E-state index >= 15 is 0 Å². The average Bonchev–Trinajstić information content (AvgIpc) is 3.01. The zero-order valence-electron chi connectivity index (χ0n) is 11.0. The molecule has 0 aromatic carbocycles. The molecule has 1 saturated carbocycles. The van der Waals surface area contributed by atoms with E-state index in [9.17, 15) is 0 Å². The standard InChI is InChI=1S/C14H25NO2/c1-16-13-11-15(12-5-2-3-6-12)9-8-14(13)7-4-10-17-14/h12-13H,2-11H2,1H3/t13-,14-/m0/s1. The summed E-state index contributed by atoms with van der Waals surface area (Å²) in [5.41, 5.74) is 0.0594. The Balaban J connectivity index is 1.66. The van der Waals surface area contributed by atoms with Gasteiger partial charge in [0, 0.05) is 32.8 Å². The summed E-state index contributed by atoms with van der Waals surface area (Å²) in [7, 11) is 1.85. The van der Waals surface area contributed by atoms with Crippen LogP contribution in [0, 0.1) is 0 Å². The van der Waals surface area contributed by atoms with Crippen molar-refractivity contribution in [2.45, 2.75) is 62.7 Å². The molecule has 1 aliphatic carbocycles. The molecule has 3 aliphatic rings. The molecule has 2 saturated heterocycles. The molecule has 0 unspecified atom stereocenters. The Morgan fingerprint density at radius 2 is 2.00 bits per heavy atom. The Bertz CT molecular complexity index is 257. The van der Waals surface area contributed by atoms with Gasteiger partial charge in [0.05, 0.1) is 11.7 Å². The number of nitrogens with zero attached hydrogens (tertiary/aromatic N) is 1. The highest BCUT2D eigenvalue weighted by Crippen LogP contribution is 2.39. The van der Waals surface area contributed by atoms with Gasteiger partial charge in [-0.15, -0.1) is 0 Å². The largest absolute Gasteiger partial charge is 0.377 e. The highest BCUT2D eigenvalue weighted by atomic mass is 16.5. The third-order valence-electron chi connectivity index (χ3n) is 5.07. The van der Waals surface area contributed by atoms with E-state index in [4.69, 9.17) is 9.47 Å². The number of methoxy groups -OCH3 is 1. The summed E-state index contributed by atoms with van der Waals surface area (Å²) >= 11 is 0. The molecule has 0 radical (unpaired) electrons. The van der Waals surface area contributed by atoms with E-state index in [0.29, 0.717) is 6.10 Å². The van der Waals surface area contributed by atoms with E-state index in [1.807, 2.05) is 7.11 Å². The first-order valence-electron chi connectivity index (χ1n) is 7.25. The van der Waals surface area contributed by atoms with Crippen LogP contribution >= 0.6 is 0 Å². The molecule has 0 bridgehead atoms. The van der Waals surface area contributed by atoms with Crippen LogP contribution in [0.1, 0.15) is 44.9 Å². The minimum Gasteiger partial charge on any atom is -0.377 e. The molecular formula is C14H25NO2. The van der Waals surface area contributed by atoms with Crippen LogP contribution < -0.4 is 0 Å². The summed E-state index contributed by atoms with van der Waals surface area (Å²) in [6.07, 6.45) is 9.49. The van der Waals surface area contributed by atoms with Crippen molar-refractivity contribution in [1.82, 2.24) is 4.90 Å². The Kier molecular flexibility index (Phi) is 3.42. The predicted octanol–water partition coefficient (Wildman–Crippen LogP) is 2.20. The van der Waals surface area contributed by atoms with E-state index < -0.39 is 0 Å². The number of likely N-dealkylation sites (tertiary alicyclic amines) is 1. The van der Waals surface area contributed by atoms with E-state index in [0.717, 1.165) is 19.2 Å². The summed E-state index contributed by atoms with van der Waals surface area (Å²) in [5, 5.41) is 0. The van der Waals surface area contributed by atoms with Crippen molar-refractivity contribution in [3.05, 3.63) is 0 Å². The van der Waals surface area contributed by atoms with E-state index in [2.05, 4.69) is 4.90 Å². The van der Waals surface area contributed by atoms with Crippen LogP contribution in [0.5, 0.6) is 0 Å². The Morgan fingerprint density at radius 3 is 2.65 bits per heavy atom. The fourth-order valence-corrected chi connectivity index (χ4v) is 4.02. The molecule has 0 aromatic heterocycles. The topological polar surface area (TPSA) is 21.7 Å². The molecule has 3 heteroatoms. The molecule has 3 rings (SSSR count). The monoisotopic (exact) mass is 239 g/mol. The Labute approximate surface area is 104 Å². The minimum absolute atomic E-state index is 0.0594. The summed E-state index contributed by atoms with van der Waals surface area (Å²) in [4.78, 5) is 2.66. The van der Waals surface area contributed by atoms with Crippen LogP contribution in [0.3, 0.4) is 0 Å². The molecule has 17 heavy (non-hydrogen) atoms. The van der Waals surface area contributed by atoms with Gasteiger partial charge in [-0.2, -0.15) is 0 Å². The lowest BCUT2D eigenvalue weighted by Crippen LogP contribution is -2.57. The van der Waals surface area contributed by atoms with Gasteiger partial charge in [-0.3, -0.25) is 4.90 Å². The number of piperidine rings is 1. The van der Waals surface area contributed by atoms with Gasteiger partial charge in [-0.05, 0) is 32.1 Å². The summed E-state index contributed by atoms with van der Waals surface area (Å²) < 4.78 is 11.8. The Hall–Kier alpha value is -0.120. The van der Waals surface area contributed by atoms with Crippen LogP contribution in [0.15, 0.2) is 0 Å². The van der Waals surface area contributed by atoms with Crippen LogP contribution in [0.25, 0.3) is 0 Å². The fraction of sp³-hybridized carbons (Fsp3) is 1.00. The summed E-state index contributed by atoms with van der Waals surface area (Å²) in [6.45, 7) is 3.23. The molecule has 1 spiro atoms. The molecule has 3 nitrogen and oxygen atoms in total. The smallest absolute Gasteiger partial charge is 0.0987 e. The maximum atomic E-state index is 6.04. The lowest BCUT2D eigenvalue weighted by atomic mass is 9.85. The van der Waals surface area contributed by atoms with Gasteiger partial charge < -0.3 is 9.47 Å². The molecule has 0 aromatic rings. The zero-order valence-corrected chi connectivity index (χ0v) is 11.0. The zero-order chi connectivity index (χ0) is 11.7. The fourth-order valence-electron chi connectivity index (χ4n) is 4.02. The van der Waals surface area contributed by atoms with Crippen LogP contribution in [-0.4, -0.2) is 49.5 Å². The van der Waals surface area contributed by atoms with Gasteiger partial charge in [-0.1, -0.05) is 12.8 Å². The van der Waals surface area contributed by atoms with Crippen molar-refractivity contribution in [3.63, 3.8) is 0 Å². The number of ether oxygens (including phenoxy) is 2. The highest BCUT2D eigenvalue weighted by Gasteiger charge is 2.47. The average molecular weight is 239 g/mol. The van der Waals surface area contributed by atoms with Crippen molar-refractivity contribution in [2.75, 3.05) is 26.8 Å². The predicted molar refractivity (Wildman–Crippen MR) is 67.2 cm³/mol. The van der Waals surface area contributed by atoms with Gasteiger partial charge >= 0.3 is 0 Å². The van der Waals surface area contributed by atoms with Crippen molar-refractivity contribution >= 4 is 0 Å². The van der Waals surface area contributed by atoms with Crippen molar-refractivity contribution in [3.8, 4) is 0 Å². The van der Waals surface area contributed by atoms with Gasteiger partial charge in [0.25, 0.3) is 0 Å². The third kappa shape index (κ3) is 2.13. The normalized spacial score (nSPS) is 40.4. The second-order valence-corrected chi connectivity index (χ2v) is 5.92. The summed E-state index contributed by atoms with van der Waals surface area (Å²) in [5.74, 6) is 0. The van der Waals surface area contributed by atoms with Gasteiger partial charge in [0.1, 0.15) is 0 Å². The number of hydrogen-bond acceptors (Lipinski definition) is 3. The van der Waals surface area contributed by atoms with E-state index in [-0.39, 0.29) is 5.60 Å². The van der Waals surface area contributed by atoms with Crippen molar-refractivity contribution < 1.29 is 9.47 Å². The first-order valence-corrected chi connectivity index (χ1v) is 7.25. The SMILES string of the molecule is CO[C@H]1CN(C2CCCC2)CC[C@@]12CCCO2.